The van der Waals surface area contributed by atoms with Crippen LogP contribution in [0.5, 0.6) is 0 Å². The number of nitrogens with zero attached hydrogens (tertiary/aromatic N) is 1. The molecule has 0 radical (unpaired) electrons. The summed E-state index contributed by atoms with van der Waals surface area (Å²) < 4.78 is 42.9. The van der Waals surface area contributed by atoms with Crippen LogP contribution < -0.4 is 4.31 Å². The zero-order chi connectivity index (χ0) is 22.2. The van der Waals surface area contributed by atoms with Crippen LogP contribution in [-0.2, 0) is 5.60 Å². The first-order valence-corrected chi connectivity index (χ1v) is 10.5. The van der Waals surface area contributed by atoms with E-state index in [1.165, 1.54) is 30.2 Å². The molecule has 160 valence electrons. The summed E-state index contributed by atoms with van der Waals surface area (Å²) in [6.45, 7) is 6.72. The third-order valence-electron chi connectivity index (χ3n) is 4.16. The Bertz CT molecular complexity index is 883. The van der Waals surface area contributed by atoms with E-state index in [1.54, 1.807) is 18.2 Å². The van der Waals surface area contributed by atoms with Crippen LogP contribution in [0.4, 0.5) is 18.9 Å². The highest BCUT2D eigenvalue weighted by atomic mass is 32.2. The van der Waals surface area contributed by atoms with Crippen LogP contribution in [-0.4, -0.2) is 17.8 Å². The summed E-state index contributed by atoms with van der Waals surface area (Å²) in [7, 11) is 0. The minimum Gasteiger partial charge on any atom is -0.366 e. The molecular weight excluding hydrogens is 407 g/mol. The van der Waals surface area contributed by atoms with Gasteiger partial charge in [0, 0.05) is 22.7 Å². The molecule has 6 heteroatoms. The molecule has 2 aromatic rings. The maximum absolute atomic E-state index is 13.6. The van der Waals surface area contributed by atoms with Crippen molar-refractivity contribution in [3.8, 4) is 11.8 Å². The lowest BCUT2D eigenvalue weighted by atomic mass is 9.93. The Kier molecular flexibility index (Phi) is 8.45. The summed E-state index contributed by atoms with van der Waals surface area (Å²) >= 11 is 1.52. The van der Waals surface area contributed by atoms with E-state index < -0.39 is 11.8 Å². The van der Waals surface area contributed by atoms with Crippen LogP contribution in [0.25, 0.3) is 0 Å². The van der Waals surface area contributed by atoms with Gasteiger partial charge in [0.1, 0.15) is 0 Å². The van der Waals surface area contributed by atoms with E-state index in [1.807, 2.05) is 47.5 Å². The van der Waals surface area contributed by atoms with Crippen molar-refractivity contribution in [3.63, 3.8) is 0 Å². The Balaban J connectivity index is 2.36. The SMILES string of the molecule is CC/C=C/C#CC(O)(c1ccc(N(CC(C)C)Sc2ccccc2)cc1)C(F)(F)F. The number of rotatable bonds is 7. The van der Waals surface area contributed by atoms with Crippen molar-refractivity contribution in [3.05, 3.63) is 72.3 Å². The number of halogens is 3. The largest absolute Gasteiger partial charge is 0.433 e. The van der Waals surface area contributed by atoms with Crippen LogP contribution >= 0.6 is 11.9 Å². The Hall–Kier alpha value is -2.36. The van der Waals surface area contributed by atoms with Crippen molar-refractivity contribution in [1.82, 2.24) is 0 Å². The van der Waals surface area contributed by atoms with E-state index in [2.05, 4.69) is 19.8 Å². The molecule has 30 heavy (non-hydrogen) atoms. The summed E-state index contributed by atoms with van der Waals surface area (Å²) in [4.78, 5) is 1.03. The third kappa shape index (κ3) is 6.32. The van der Waals surface area contributed by atoms with Gasteiger partial charge in [-0.05, 0) is 60.5 Å². The van der Waals surface area contributed by atoms with Crippen LogP contribution in [0.3, 0.4) is 0 Å². The highest BCUT2D eigenvalue weighted by molar-refractivity contribution is 8.00. The Morgan fingerprint density at radius 3 is 2.23 bits per heavy atom. The lowest BCUT2D eigenvalue weighted by Gasteiger charge is -2.28. The van der Waals surface area contributed by atoms with Crippen LogP contribution in [0.15, 0.2) is 71.6 Å². The molecule has 2 rings (SSSR count). The number of allylic oxidation sites excluding steroid dienone is 2. The predicted octanol–water partition coefficient (Wildman–Crippen LogP) is 6.58. The molecule has 1 N–H and O–H groups in total. The lowest BCUT2D eigenvalue weighted by molar-refractivity contribution is -0.240. The molecule has 2 nitrogen and oxygen atoms in total. The fourth-order valence-corrected chi connectivity index (χ4v) is 3.77. The number of benzene rings is 2. The summed E-state index contributed by atoms with van der Waals surface area (Å²) in [5.41, 5.74) is -2.77. The Morgan fingerprint density at radius 2 is 1.70 bits per heavy atom. The molecular formula is C24H26F3NOS. The van der Waals surface area contributed by atoms with E-state index in [4.69, 9.17) is 0 Å². The molecule has 1 atom stereocenters. The smallest absolute Gasteiger partial charge is 0.366 e. The van der Waals surface area contributed by atoms with Gasteiger partial charge >= 0.3 is 6.18 Å². The van der Waals surface area contributed by atoms with Crippen molar-refractivity contribution in [2.75, 3.05) is 10.8 Å². The van der Waals surface area contributed by atoms with Crippen LogP contribution in [0, 0.1) is 17.8 Å². The molecule has 0 saturated heterocycles. The van der Waals surface area contributed by atoms with Gasteiger partial charge in [-0.25, -0.2) is 0 Å². The maximum atomic E-state index is 13.6. The standard InChI is InChI=1S/C24H26F3NOS/c1-4-5-6-10-17-23(29,24(25,26)27)20-13-15-21(16-14-20)28(18-19(2)3)30-22-11-8-7-9-12-22/h5-9,11-16,19,29H,4,18H2,1-3H3/b6-5+. The van der Waals surface area contributed by atoms with Gasteiger partial charge in [0.15, 0.2) is 0 Å². The minimum atomic E-state index is -4.92. The summed E-state index contributed by atoms with van der Waals surface area (Å²) in [6, 6.07) is 15.5. The normalized spacial score (nSPS) is 13.7. The highest BCUT2D eigenvalue weighted by Gasteiger charge is 2.54. The van der Waals surface area contributed by atoms with Crippen molar-refractivity contribution in [1.29, 1.82) is 0 Å². The van der Waals surface area contributed by atoms with E-state index in [0.29, 0.717) is 18.9 Å². The average molecular weight is 434 g/mol. The van der Waals surface area contributed by atoms with Crippen LogP contribution in [0.1, 0.15) is 32.8 Å². The monoisotopic (exact) mass is 433 g/mol. The van der Waals surface area contributed by atoms with E-state index >= 15 is 0 Å². The maximum Gasteiger partial charge on any atom is 0.433 e. The molecule has 0 spiro atoms. The first kappa shape index (κ1) is 23.9. The number of anilines is 1. The highest BCUT2D eigenvalue weighted by Crippen LogP contribution is 2.39. The molecule has 0 saturated carbocycles. The molecule has 0 aromatic heterocycles. The number of alkyl halides is 3. The van der Waals surface area contributed by atoms with Gasteiger partial charge in [-0.3, -0.25) is 0 Å². The Labute approximate surface area is 180 Å². The topological polar surface area (TPSA) is 23.5 Å². The Morgan fingerprint density at radius 1 is 1.07 bits per heavy atom. The zero-order valence-electron chi connectivity index (χ0n) is 17.3. The summed E-state index contributed by atoms with van der Waals surface area (Å²) in [5, 5.41) is 10.4. The molecule has 0 bridgehead atoms. The molecule has 1 unspecified atom stereocenters. The fourth-order valence-electron chi connectivity index (χ4n) is 2.63. The molecule has 0 aliphatic rings. The average Bonchev–Trinajstić information content (AvgIpc) is 2.70. The van der Waals surface area contributed by atoms with Crippen LogP contribution in [0.2, 0.25) is 0 Å². The number of hydrogen-bond donors (Lipinski definition) is 1. The summed E-state index contributed by atoms with van der Waals surface area (Å²) in [6.07, 6.45) is -1.31. The quantitative estimate of drug-likeness (QED) is 0.394. The minimum absolute atomic E-state index is 0.301. The predicted molar refractivity (Wildman–Crippen MR) is 118 cm³/mol. The first-order valence-electron chi connectivity index (χ1n) is 9.75. The van der Waals surface area contributed by atoms with E-state index in [9.17, 15) is 18.3 Å². The molecule has 0 aliphatic heterocycles. The zero-order valence-corrected chi connectivity index (χ0v) is 18.1. The van der Waals surface area contributed by atoms with Crippen molar-refractivity contribution >= 4 is 17.6 Å². The lowest BCUT2D eigenvalue weighted by Crippen LogP contribution is -2.41. The second-order valence-corrected chi connectivity index (χ2v) is 8.29. The first-order chi connectivity index (χ1) is 14.2. The molecule has 0 heterocycles. The van der Waals surface area contributed by atoms with Gasteiger partial charge in [0.2, 0.25) is 5.60 Å². The van der Waals surface area contributed by atoms with Gasteiger partial charge in [-0.2, -0.15) is 13.2 Å². The summed E-state index contributed by atoms with van der Waals surface area (Å²) in [5.74, 6) is 4.65. The molecule has 0 amide bonds. The fraction of sp³-hybridized carbons (Fsp3) is 0.333. The van der Waals surface area contributed by atoms with Crippen molar-refractivity contribution < 1.29 is 18.3 Å². The number of aliphatic hydroxyl groups is 1. The van der Waals surface area contributed by atoms with Crippen molar-refractivity contribution in [2.45, 2.75) is 43.9 Å². The molecule has 0 aliphatic carbocycles. The second kappa shape index (κ2) is 10.6. The van der Waals surface area contributed by atoms with Gasteiger partial charge in [-0.15, -0.1) is 0 Å². The van der Waals surface area contributed by atoms with Gasteiger partial charge < -0.3 is 9.41 Å². The van der Waals surface area contributed by atoms with Gasteiger partial charge in [-0.1, -0.05) is 63.1 Å². The van der Waals surface area contributed by atoms with E-state index in [-0.39, 0.29) is 5.56 Å². The van der Waals surface area contributed by atoms with E-state index in [0.717, 1.165) is 10.6 Å². The number of hydrogen-bond acceptors (Lipinski definition) is 3. The van der Waals surface area contributed by atoms with Gasteiger partial charge in [0.25, 0.3) is 0 Å². The second-order valence-electron chi connectivity index (χ2n) is 7.19. The third-order valence-corrected chi connectivity index (χ3v) is 5.23. The van der Waals surface area contributed by atoms with Gasteiger partial charge in [0.05, 0.1) is 0 Å². The molecule has 2 aromatic carbocycles. The molecule has 0 fully saturated rings. The van der Waals surface area contributed by atoms with Crippen molar-refractivity contribution in [2.24, 2.45) is 5.92 Å².